The third-order valence-electron chi connectivity index (χ3n) is 4.42. The van der Waals surface area contributed by atoms with Gasteiger partial charge in [0, 0.05) is 35.7 Å². The van der Waals surface area contributed by atoms with Crippen LogP contribution < -0.4 is 14.8 Å². The predicted octanol–water partition coefficient (Wildman–Crippen LogP) is 3.89. The van der Waals surface area contributed by atoms with E-state index < -0.39 is 0 Å². The number of anilines is 1. The first-order chi connectivity index (χ1) is 13.7. The zero-order valence-electron chi connectivity index (χ0n) is 15.4. The number of aromatic amines is 1. The summed E-state index contributed by atoms with van der Waals surface area (Å²) in [5, 5.41) is 3.72. The van der Waals surface area contributed by atoms with E-state index in [0.29, 0.717) is 28.4 Å². The van der Waals surface area contributed by atoms with E-state index >= 15 is 0 Å². The van der Waals surface area contributed by atoms with E-state index in [1.807, 2.05) is 24.3 Å². The van der Waals surface area contributed by atoms with Gasteiger partial charge in [0.05, 0.1) is 25.5 Å². The summed E-state index contributed by atoms with van der Waals surface area (Å²) >= 11 is 0. The second-order valence-electron chi connectivity index (χ2n) is 6.09. The molecular formula is C21H18N4O3. The first-order valence-electron chi connectivity index (χ1n) is 8.60. The number of hydrogen-bond acceptors (Lipinski definition) is 5. The molecule has 0 saturated heterocycles. The average Bonchev–Trinajstić information content (AvgIpc) is 3.15. The summed E-state index contributed by atoms with van der Waals surface area (Å²) in [7, 11) is 3.20. The number of nitrogens with zero attached hydrogens (tertiary/aromatic N) is 2. The first-order valence-corrected chi connectivity index (χ1v) is 8.60. The smallest absolute Gasteiger partial charge is 0.257 e. The van der Waals surface area contributed by atoms with E-state index in [4.69, 9.17) is 9.47 Å². The fourth-order valence-corrected chi connectivity index (χ4v) is 2.97. The number of rotatable bonds is 5. The number of H-pyrrole nitrogens is 1. The fraction of sp³-hybridized carbons (Fsp3) is 0.0952. The van der Waals surface area contributed by atoms with E-state index in [1.54, 1.807) is 44.9 Å². The van der Waals surface area contributed by atoms with E-state index in [-0.39, 0.29) is 5.91 Å². The molecule has 2 N–H and O–H groups in total. The lowest BCUT2D eigenvalue weighted by Gasteiger charge is -2.10. The van der Waals surface area contributed by atoms with Crippen LogP contribution in [0.5, 0.6) is 11.5 Å². The second kappa shape index (κ2) is 7.40. The van der Waals surface area contributed by atoms with E-state index in [0.717, 1.165) is 16.5 Å². The summed E-state index contributed by atoms with van der Waals surface area (Å²) in [6, 6.07) is 11.1. The molecule has 0 aliphatic carbocycles. The Morgan fingerprint density at radius 1 is 1.04 bits per heavy atom. The lowest BCUT2D eigenvalue weighted by atomic mass is 10.1. The SMILES string of the molecule is COc1ccc(-c2cnc3[nH]cc(NC(=O)c4cccnc4)c3c2)cc1OC. The summed E-state index contributed by atoms with van der Waals surface area (Å²) in [6.07, 6.45) is 6.65. The standard InChI is InChI=1S/C21H18N4O3/c1-27-18-6-5-13(9-19(18)28-2)15-8-16-17(12-24-20(16)23-11-15)25-21(26)14-4-3-7-22-10-14/h3-12H,1-2H3,(H,23,24)(H,25,26). The molecule has 0 saturated carbocycles. The van der Waals surface area contributed by atoms with Crippen molar-refractivity contribution in [3.63, 3.8) is 0 Å². The van der Waals surface area contributed by atoms with Gasteiger partial charge in [0.1, 0.15) is 5.65 Å². The van der Waals surface area contributed by atoms with Gasteiger partial charge in [-0.3, -0.25) is 9.78 Å². The number of methoxy groups -OCH3 is 2. The van der Waals surface area contributed by atoms with Crippen molar-refractivity contribution >= 4 is 22.6 Å². The number of carbonyl (C=O) groups is 1. The van der Waals surface area contributed by atoms with Crippen LogP contribution in [0.25, 0.3) is 22.2 Å². The van der Waals surface area contributed by atoms with Crippen LogP contribution in [-0.2, 0) is 0 Å². The molecule has 1 aromatic carbocycles. The van der Waals surface area contributed by atoms with Crippen molar-refractivity contribution < 1.29 is 14.3 Å². The van der Waals surface area contributed by atoms with Gasteiger partial charge in [-0.2, -0.15) is 0 Å². The Morgan fingerprint density at radius 3 is 2.64 bits per heavy atom. The van der Waals surface area contributed by atoms with Crippen LogP contribution in [0.2, 0.25) is 0 Å². The van der Waals surface area contributed by atoms with Gasteiger partial charge in [-0.1, -0.05) is 6.07 Å². The van der Waals surface area contributed by atoms with Crippen molar-refractivity contribution in [2.24, 2.45) is 0 Å². The Morgan fingerprint density at radius 2 is 1.89 bits per heavy atom. The molecule has 0 radical (unpaired) electrons. The number of hydrogen-bond donors (Lipinski definition) is 2. The number of pyridine rings is 2. The summed E-state index contributed by atoms with van der Waals surface area (Å²) in [5.74, 6) is 1.07. The fourth-order valence-electron chi connectivity index (χ4n) is 2.97. The lowest BCUT2D eigenvalue weighted by Crippen LogP contribution is -2.11. The highest BCUT2D eigenvalue weighted by Gasteiger charge is 2.13. The number of aromatic nitrogens is 3. The highest BCUT2D eigenvalue weighted by Crippen LogP contribution is 2.34. The van der Waals surface area contributed by atoms with E-state index in [2.05, 4.69) is 20.3 Å². The van der Waals surface area contributed by atoms with Crippen LogP contribution in [0, 0.1) is 0 Å². The molecule has 7 heteroatoms. The third kappa shape index (κ3) is 3.25. The monoisotopic (exact) mass is 374 g/mol. The molecule has 140 valence electrons. The highest BCUT2D eigenvalue weighted by atomic mass is 16.5. The summed E-state index contributed by atoms with van der Waals surface area (Å²) in [4.78, 5) is 24.0. The molecular weight excluding hydrogens is 356 g/mol. The van der Waals surface area contributed by atoms with Crippen molar-refractivity contribution in [1.82, 2.24) is 15.0 Å². The highest BCUT2D eigenvalue weighted by molar-refractivity contribution is 6.08. The molecule has 4 rings (SSSR count). The van der Waals surface area contributed by atoms with Gasteiger partial charge < -0.3 is 19.8 Å². The second-order valence-corrected chi connectivity index (χ2v) is 6.09. The molecule has 0 unspecified atom stereocenters. The maximum absolute atomic E-state index is 12.4. The van der Waals surface area contributed by atoms with Crippen LogP contribution in [0.1, 0.15) is 10.4 Å². The van der Waals surface area contributed by atoms with Gasteiger partial charge in [0.25, 0.3) is 5.91 Å². The van der Waals surface area contributed by atoms with Crippen molar-refractivity contribution in [3.8, 4) is 22.6 Å². The van der Waals surface area contributed by atoms with Crippen LogP contribution in [0.3, 0.4) is 0 Å². The van der Waals surface area contributed by atoms with E-state index in [1.165, 1.54) is 6.20 Å². The maximum atomic E-state index is 12.4. The van der Waals surface area contributed by atoms with Crippen molar-refractivity contribution in [2.45, 2.75) is 0 Å². The zero-order chi connectivity index (χ0) is 19.5. The molecule has 4 aromatic rings. The molecule has 3 aromatic heterocycles. The number of nitrogens with one attached hydrogen (secondary N) is 2. The Bertz CT molecular complexity index is 1140. The van der Waals surface area contributed by atoms with Crippen LogP contribution in [0.4, 0.5) is 5.69 Å². The molecule has 28 heavy (non-hydrogen) atoms. The Balaban J connectivity index is 1.69. The quantitative estimate of drug-likeness (QED) is 0.553. The van der Waals surface area contributed by atoms with Gasteiger partial charge in [0.2, 0.25) is 0 Å². The molecule has 0 spiro atoms. The molecule has 0 aliphatic heterocycles. The summed E-state index contributed by atoms with van der Waals surface area (Å²) in [5.41, 5.74) is 3.65. The first kappa shape index (κ1) is 17.5. The Labute approximate surface area is 161 Å². The number of ether oxygens (including phenoxy) is 2. The van der Waals surface area contributed by atoms with Gasteiger partial charge in [0.15, 0.2) is 11.5 Å². The normalized spacial score (nSPS) is 10.6. The van der Waals surface area contributed by atoms with Crippen molar-refractivity contribution in [1.29, 1.82) is 0 Å². The molecule has 0 aliphatic rings. The van der Waals surface area contributed by atoms with Gasteiger partial charge in [-0.05, 0) is 35.9 Å². The minimum atomic E-state index is -0.231. The molecule has 1 amide bonds. The van der Waals surface area contributed by atoms with Crippen LogP contribution in [0.15, 0.2) is 61.2 Å². The number of fused-ring (bicyclic) bond motifs is 1. The minimum absolute atomic E-state index is 0.231. The van der Waals surface area contributed by atoms with Gasteiger partial charge in [-0.25, -0.2) is 4.98 Å². The molecule has 7 nitrogen and oxygen atoms in total. The van der Waals surface area contributed by atoms with Crippen LogP contribution >= 0.6 is 0 Å². The Kier molecular flexibility index (Phi) is 4.63. The molecule has 3 heterocycles. The maximum Gasteiger partial charge on any atom is 0.257 e. The number of amides is 1. The largest absolute Gasteiger partial charge is 0.493 e. The summed E-state index contributed by atoms with van der Waals surface area (Å²) < 4.78 is 10.7. The summed E-state index contributed by atoms with van der Waals surface area (Å²) in [6.45, 7) is 0. The van der Waals surface area contributed by atoms with Crippen molar-refractivity contribution in [3.05, 3.63) is 66.7 Å². The van der Waals surface area contributed by atoms with Crippen molar-refractivity contribution in [2.75, 3.05) is 19.5 Å². The van der Waals surface area contributed by atoms with Gasteiger partial charge in [-0.15, -0.1) is 0 Å². The molecule has 0 bridgehead atoms. The Hall–Kier alpha value is -3.87. The van der Waals surface area contributed by atoms with Gasteiger partial charge >= 0.3 is 0 Å². The zero-order valence-corrected chi connectivity index (χ0v) is 15.4. The molecule has 0 fully saturated rings. The predicted molar refractivity (Wildman–Crippen MR) is 107 cm³/mol. The lowest BCUT2D eigenvalue weighted by molar-refractivity contribution is 0.102. The third-order valence-corrected chi connectivity index (χ3v) is 4.42. The average molecular weight is 374 g/mol. The topological polar surface area (TPSA) is 89.1 Å². The minimum Gasteiger partial charge on any atom is -0.493 e. The van der Waals surface area contributed by atoms with Crippen LogP contribution in [-0.4, -0.2) is 35.1 Å². The molecule has 0 atom stereocenters. The number of benzene rings is 1. The number of carbonyl (C=O) groups excluding carboxylic acids is 1. The van der Waals surface area contributed by atoms with E-state index in [9.17, 15) is 4.79 Å².